The number of benzene rings is 8. The Hall–Kier alpha value is -7.11. The Morgan fingerprint density at radius 1 is 0.453 bits per heavy atom. The van der Waals surface area contributed by atoms with Crippen molar-refractivity contribution >= 4 is 66.0 Å². The third-order valence-corrected chi connectivity index (χ3v) is 10.5. The maximum absolute atomic E-state index is 6.51. The molecule has 8 aromatic carbocycles. The van der Waals surface area contributed by atoms with Crippen molar-refractivity contribution in [2.24, 2.45) is 0 Å². The first-order chi connectivity index (χ1) is 26.3. The fourth-order valence-electron chi connectivity index (χ4n) is 8.07. The van der Waals surface area contributed by atoms with E-state index >= 15 is 0 Å². The second-order valence-corrected chi connectivity index (χ2v) is 13.6. The topological polar surface area (TPSA) is 63.8 Å². The lowest BCUT2D eigenvalue weighted by molar-refractivity contribution is 0.669. The second-order valence-electron chi connectivity index (χ2n) is 13.6. The molecule has 248 valence electrons. The van der Waals surface area contributed by atoms with Gasteiger partial charge in [-0.1, -0.05) is 133 Å². The molecule has 1 N–H and O–H groups in total. The minimum Gasteiger partial charge on any atom is -0.456 e. The molecule has 0 saturated carbocycles. The summed E-state index contributed by atoms with van der Waals surface area (Å²) in [7, 11) is 0. The summed E-state index contributed by atoms with van der Waals surface area (Å²) in [5.74, 6) is 1.88. The number of anilines is 1. The predicted octanol–water partition coefficient (Wildman–Crippen LogP) is 12.3. The molecule has 10 aromatic rings. The molecule has 0 spiro atoms. The van der Waals surface area contributed by atoms with Gasteiger partial charge in [0.15, 0.2) is 17.5 Å². The van der Waals surface area contributed by atoms with Crippen LogP contribution >= 0.6 is 0 Å². The SMILES string of the molecule is C1=Cc2c(c(-c3cc(-c4nc(-c5ccccc5)nc(-c5cc6ccccc6c6ccccc56)n4)cc4ccccc34)cc3oc4ccccc4c23)NC1. The van der Waals surface area contributed by atoms with E-state index in [1.54, 1.807) is 0 Å². The molecule has 5 heteroatoms. The van der Waals surface area contributed by atoms with Gasteiger partial charge in [-0.15, -0.1) is 0 Å². The average Bonchev–Trinajstić information content (AvgIpc) is 3.62. The first kappa shape index (κ1) is 29.6. The zero-order valence-corrected chi connectivity index (χ0v) is 28.5. The van der Waals surface area contributed by atoms with Crippen molar-refractivity contribution in [2.45, 2.75) is 0 Å². The minimum atomic E-state index is 0.615. The Morgan fingerprint density at radius 2 is 1.09 bits per heavy atom. The van der Waals surface area contributed by atoms with Crippen LogP contribution in [0.25, 0.3) is 106 Å². The molecule has 2 aromatic heterocycles. The minimum absolute atomic E-state index is 0.615. The molecule has 0 aliphatic carbocycles. The van der Waals surface area contributed by atoms with Gasteiger partial charge in [0.05, 0.1) is 5.69 Å². The average molecular weight is 679 g/mol. The van der Waals surface area contributed by atoms with Crippen LogP contribution in [0.3, 0.4) is 0 Å². The molecule has 0 fully saturated rings. The van der Waals surface area contributed by atoms with Gasteiger partial charge in [-0.2, -0.15) is 0 Å². The first-order valence-corrected chi connectivity index (χ1v) is 17.9. The molecule has 5 nitrogen and oxygen atoms in total. The number of nitrogens with one attached hydrogen (secondary N) is 1. The van der Waals surface area contributed by atoms with Crippen molar-refractivity contribution in [1.82, 2.24) is 15.0 Å². The van der Waals surface area contributed by atoms with Crippen LogP contribution in [0.4, 0.5) is 5.69 Å². The molecular formula is C48H30N4O. The largest absolute Gasteiger partial charge is 0.456 e. The molecule has 3 heterocycles. The highest BCUT2D eigenvalue weighted by Crippen LogP contribution is 2.46. The summed E-state index contributed by atoms with van der Waals surface area (Å²) in [6.07, 6.45) is 4.40. The van der Waals surface area contributed by atoms with E-state index in [0.717, 1.165) is 89.1 Å². The number of nitrogens with zero attached hydrogens (tertiary/aromatic N) is 3. The van der Waals surface area contributed by atoms with Crippen molar-refractivity contribution in [1.29, 1.82) is 0 Å². The van der Waals surface area contributed by atoms with Crippen LogP contribution in [-0.4, -0.2) is 21.5 Å². The quantitative estimate of drug-likeness (QED) is 0.188. The third-order valence-electron chi connectivity index (χ3n) is 10.5. The number of para-hydroxylation sites is 1. The molecule has 0 saturated heterocycles. The van der Waals surface area contributed by atoms with Crippen molar-refractivity contribution in [2.75, 3.05) is 11.9 Å². The van der Waals surface area contributed by atoms with E-state index in [4.69, 9.17) is 19.4 Å². The maximum atomic E-state index is 6.51. The smallest absolute Gasteiger partial charge is 0.164 e. The summed E-state index contributed by atoms with van der Waals surface area (Å²) in [5, 5.41) is 12.8. The highest BCUT2D eigenvalue weighted by atomic mass is 16.3. The molecule has 0 radical (unpaired) electrons. The van der Waals surface area contributed by atoms with Crippen molar-refractivity contribution < 1.29 is 4.42 Å². The number of aromatic nitrogens is 3. The lowest BCUT2D eigenvalue weighted by Crippen LogP contribution is -2.06. The fourth-order valence-corrected chi connectivity index (χ4v) is 8.07. The van der Waals surface area contributed by atoms with E-state index in [-0.39, 0.29) is 0 Å². The lowest BCUT2D eigenvalue weighted by atomic mass is 9.90. The number of hydrogen-bond donors (Lipinski definition) is 1. The monoisotopic (exact) mass is 678 g/mol. The highest BCUT2D eigenvalue weighted by molar-refractivity contribution is 6.16. The Kier molecular flexibility index (Phi) is 6.55. The van der Waals surface area contributed by atoms with Crippen LogP contribution in [0.5, 0.6) is 0 Å². The molecule has 0 atom stereocenters. The summed E-state index contributed by atoms with van der Waals surface area (Å²) in [4.78, 5) is 15.6. The number of rotatable bonds is 4. The molecule has 0 amide bonds. The lowest BCUT2D eigenvalue weighted by Gasteiger charge is -2.20. The van der Waals surface area contributed by atoms with Gasteiger partial charge in [0.2, 0.25) is 0 Å². The van der Waals surface area contributed by atoms with E-state index in [0.29, 0.717) is 17.5 Å². The van der Waals surface area contributed by atoms with Gasteiger partial charge in [0, 0.05) is 45.1 Å². The molecule has 0 unspecified atom stereocenters. The van der Waals surface area contributed by atoms with Gasteiger partial charge in [-0.3, -0.25) is 0 Å². The molecule has 1 aliphatic rings. The van der Waals surface area contributed by atoms with E-state index in [1.165, 1.54) is 10.8 Å². The zero-order chi connectivity index (χ0) is 34.9. The Balaban J connectivity index is 1.19. The van der Waals surface area contributed by atoms with E-state index in [9.17, 15) is 0 Å². The molecule has 0 bridgehead atoms. The first-order valence-electron chi connectivity index (χ1n) is 17.9. The molecular weight excluding hydrogens is 649 g/mol. The Labute approximate surface area is 304 Å². The number of fused-ring (bicyclic) bond motifs is 9. The predicted molar refractivity (Wildman–Crippen MR) is 219 cm³/mol. The van der Waals surface area contributed by atoms with E-state index in [1.807, 2.05) is 30.3 Å². The summed E-state index contributed by atoms with van der Waals surface area (Å²) < 4.78 is 6.51. The normalized spacial score (nSPS) is 12.5. The van der Waals surface area contributed by atoms with Crippen LogP contribution in [0, 0.1) is 0 Å². The van der Waals surface area contributed by atoms with Crippen molar-refractivity contribution in [3.05, 3.63) is 163 Å². The van der Waals surface area contributed by atoms with E-state index in [2.05, 4.69) is 139 Å². The van der Waals surface area contributed by atoms with Crippen molar-refractivity contribution in [3.8, 4) is 45.3 Å². The molecule has 53 heavy (non-hydrogen) atoms. The Morgan fingerprint density at radius 3 is 1.92 bits per heavy atom. The van der Waals surface area contributed by atoms with Gasteiger partial charge in [0.1, 0.15) is 11.2 Å². The highest BCUT2D eigenvalue weighted by Gasteiger charge is 2.23. The van der Waals surface area contributed by atoms with Gasteiger partial charge in [-0.05, 0) is 68.2 Å². The summed E-state index contributed by atoms with van der Waals surface area (Å²) in [5.41, 5.74) is 8.95. The van der Waals surface area contributed by atoms with Crippen LogP contribution in [0.15, 0.2) is 162 Å². The Bertz CT molecular complexity index is 3120. The second kappa shape index (κ2) is 11.7. The standard InChI is InChI=1S/C48H30N4O/c1-2-13-29(14-3-1)46-50-47(52-48(51-46)41-26-31-16-5-6-17-33(31)35-19-8-9-20-36(35)41)32-25-30-15-4-7-18-34(30)39(27-32)40-28-43-44(38-22-12-24-49-45(38)40)37-21-10-11-23-42(37)53-43/h1-23,25-28,49H,24H2. The number of furan rings is 1. The molecule has 1 aliphatic heterocycles. The van der Waals surface area contributed by atoms with Gasteiger partial charge in [-0.25, -0.2) is 15.0 Å². The van der Waals surface area contributed by atoms with Crippen molar-refractivity contribution in [3.63, 3.8) is 0 Å². The van der Waals surface area contributed by atoms with Gasteiger partial charge in [0.25, 0.3) is 0 Å². The summed E-state index contributed by atoms with van der Waals surface area (Å²) >= 11 is 0. The maximum Gasteiger partial charge on any atom is 0.164 e. The summed E-state index contributed by atoms with van der Waals surface area (Å²) in [6.45, 7) is 0.746. The number of hydrogen-bond acceptors (Lipinski definition) is 5. The fraction of sp³-hybridized carbons (Fsp3) is 0.0208. The van der Waals surface area contributed by atoms with Crippen LogP contribution in [-0.2, 0) is 0 Å². The van der Waals surface area contributed by atoms with Gasteiger partial charge < -0.3 is 9.73 Å². The zero-order valence-electron chi connectivity index (χ0n) is 28.5. The third kappa shape index (κ3) is 4.75. The van der Waals surface area contributed by atoms with Crippen LogP contribution in [0.1, 0.15) is 5.56 Å². The summed E-state index contributed by atoms with van der Waals surface area (Å²) in [6, 6.07) is 52.9. The van der Waals surface area contributed by atoms with Crippen LogP contribution in [0.2, 0.25) is 0 Å². The van der Waals surface area contributed by atoms with Crippen LogP contribution < -0.4 is 5.32 Å². The molecule has 11 rings (SSSR count). The van der Waals surface area contributed by atoms with E-state index < -0.39 is 0 Å². The van der Waals surface area contributed by atoms with Gasteiger partial charge >= 0.3 is 0 Å².